The van der Waals surface area contributed by atoms with Crippen molar-refractivity contribution in [3.8, 4) is 6.07 Å². The van der Waals surface area contributed by atoms with Crippen molar-refractivity contribution in [1.29, 1.82) is 5.26 Å². The quantitative estimate of drug-likeness (QED) is 0.861. The van der Waals surface area contributed by atoms with E-state index in [0.717, 1.165) is 18.7 Å². The summed E-state index contributed by atoms with van der Waals surface area (Å²) in [6.07, 6.45) is 2.69. The number of hydrogen-bond acceptors (Lipinski definition) is 3. The molecule has 1 fully saturated rings. The van der Waals surface area contributed by atoms with Crippen LogP contribution in [0.5, 0.6) is 0 Å². The van der Waals surface area contributed by atoms with Gasteiger partial charge in [-0.1, -0.05) is 12.1 Å². The summed E-state index contributed by atoms with van der Waals surface area (Å²) in [4.78, 5) is 2.52. The van der Waals surface area contributed by atoms with Gasteiger partial charge in [-0.2, -0.15) is 5.26 Å². The average Bonchev–Trinajstić information content (AvgIpc) is 2.89. The van der Waals surface area contributed by atoms with E-state index in [1.54, 1.807) is 0 Å². The molecule has 0 radical (unpaired) electrons. The summed E-state index contributed by atoms with van der Waals surface area (Å²) in [5.41, 5.74) is 1.92. The molecule has 1 aromatic rings. The second-order valence-corrected chi connectivity index (χ2v) is 5.10. The highest BCUT2D eigenvalue weighted by Crippen LogP contribution is 2.08. The van der Waals surface area contributed by atoms with Crippen molar-refractivity contribution in [2.45, 2.75) is 32.4 Å². The average molecular weight is 243 g/mol. The molecule has 96 valence electrons. The number of rotatable bonds is 5. The number of nitriles is 1. The zero-order chi connectivity index (χ0) is 12.8. The van der Waals surface area contributed by atoms with Gasteiger partial charge in [0.05, 0.1) is 11.6 Å². The molecule has 1 heterocycles. The third kappa shape index (κ3) is 3.83. The van der Waals surface area contributed by atoms with Crippen LogP contribution in [-0.2, 0) is 6.54 Å². The minimum atomic E-state index is 0.494. The molecule has 1 N–H and O–H groups in total. The Morgan fingerprint density at radius 2 is 2.17 bits per heavy atom. The lowest BCUT2D eigenvalue weighted by Crippen LogP contribution is -2.37. The highest BCUT2D eigenvalue weighted by Gasteiger charge is 2.13. The molecule has 0 aromatic heterocycles. The molecule has 1 aromatic carbocycles. The highest BCUT2D eigenvalue weighted by atomic mass is 15.2. The molecule has 18 heavy (non-hydrogen) atoms. The summed E-state index contributed by atoms with van der Waals surface area (Å²) in [7, 11) is 0. The van der Waals surface area contributed by atoms with Gasteiger partial charge in [0.15, 0.2) is 0 Å². The maximum absolute atomic E-state index is 8.85. The first kappa shape index (κ1) is 13.1. The summed E-state index contributed by atoms with van der Waals surface area (Å²) in [5, 5.41) is 12.4. The van der Waals surface area contributed by atoms with E-state index in [1.165, 1.54) is 31.5 Å². The zero-order valence-corrected chi connectivity index (χ0v) is 11.0. The van der Waals surface area contributed by atoms with Crippen LogP contribution in [0, 0.1) is 11.3 Å². The Bertz CT molecular complexity index is 416. The lowest BCUT2D eigenvalue weighted by molar-refractivity contribution is 0.298. The summed E-state index contributed by atoms with van der Waals surface area (Å²) < 4.78 is 0. The summed E-state index contributed by atoms with van der Waals surface area (Å²) in [5.74, 6) is 0. The van der Waals surface area contributed by atoms with E-state index in [-0.39, 0.29) is 0 Å². The van der Waals surface area contributed by atoms with Crippen LogP contribution in [0.15, 0.2) is 24.3 Å². The molecule has 0 bridgehead atoms. The van der Waals surface area contributed by atoms with Crippen LogP contribution in [0.3, 0.4) is 0 Å². The molecule has 1 aliphatic rings. The van der Waals surface area contributed by atoms with E-state index in [0.29, 0.717) is 6.04 Å². The van der Waals surface area contributed by atoms with E-state index in [1.807, 2.05) is 18.2 Å². The molecule has 0 amide bonds. The molecule has 0 saturated carbocycles. The molecule has 1 aliphatic heterocycles. The predicted molar refractivity (Wildman–Crippen MR) is 73.1 cm³/mol. The molecular formula is C15H21N3. The Kier molecular flexibility index (Phi) is 4.74. The zero-order valence-electron chi connectivity index (χ0n) is 11.0. The summed E-state index contributed by atoms with van der Waals surface area (Å²) in [6, 6.07) is 10.5. The van der Waals surface area contributed by atoms with Crippen LogP contribution in [-0.4, -0.2) is 30.6 Å². The minimum Gasteiger partial charge on any atom is -0.309 e. The van der Waals surface area contributed by atoms with Crippen molar-refractivity contribution in [3.63, 3.8) is 0 Å². The largest absolute Gasteiger partial charge is 0.309 e. The van der Waals surface area contributed by atoms with Gasteiger partial charge in [0.25, 0.3) is 0 Å². The second-order valence-electron chi connectivity index (χ2n) is 5.10. The van der Waals surface area contributed by atoms with Gasteiger partial charge in [-0.3, -0.25) is 0 Å². The van der Waals surface area contributed by atoms with Crippen LogP contribution in [0.2, 0.25) is 0 Å². The van der Waals surface area contributed by atoms with E-state index in [2.05, 4.69) is 29.3 Å². The predicted octanol–water partition coefficient (Wildman–Crippen LogP) is 2.13. The lowest BCUT2D eigenvalue weighted by atomic mass is 10.1. The monoisotopic (exact) mass is 243 g/mol. The smallest absolute Gasteiger partial charge is 0.0991 e. The number of hydrogen-bond donors (Lipinski definition) is 1. The molecule has 1 saturated heterocycles. The third-order valence-electron chi connectivity index (χ3n) is 3.44. The molecule has 0 aliphatic carbocycles. The van der Waals surface area contributed by atoms with Crippen LogP contribution >= 0.6 is 0 Å². The molecule has 1 atom stereocenters. The van der Waals surface area contributed by atoms with Crippen LogP contribution in [0.25, 0.3) is 0 Å². The Balaban J connectivity index is 1.77. The summed E-state index contributed by atoms with van der Waals surface area (Å²) in [6.45, 7) is 6.68. The number of nitrogens with zero attached hydrogens (tertiary/aromatic N) is 2. The first-order valence-corrected chi connectivity index (χ1v) is 6.73. The van der Waals surface area contributed by atoms with Crippen LogP contribution in [0.4, 0.5) is 0 Å². The third-order valence-corrected chi connectivity index (χ3v) is 3.44. The molecular weight excluding hydrogens is 222 g/mol. The van der Waals surface area contributed by atoms with Crippen LogP contribution in [0.1, 0.15) is 30.9 Å². The van der Waals surface area contributed by atoms with Gasteiger partial charge < -0.3 is 10.2 Å². The fourth-order valence-electron chi connectivity index (χ4n) is 2.46. The highest BCUT2D eigenvalue weighted by molar-refractivity contribution is 5.32. The maximum Gasteiger partial charge on any atom is 0.0991 e. The maximum atomic E-state index is 8.85. The second kappa shape index (κ2) is 6.53. The van der Waals surface area contributed by atoms with Gasteiger partial charge in [-0.05, 0) is 50.6 Å². The minimum absolute atomic E-state index is 0.494. The molecule has 0 spiro atoms. The van der Waals surface area contributed by atoms with Crippen molar-refractivity contribution in [1.82, 2.24) is 10.2 Å². The first-order chi connectivity index (χ1) is 8.78. The molecule has 3 heteroatoms. The van der Waals surface area contributed by atoms with Crippen molar-refractivity contribution >= 4 is 0 Å². The number of benzene rings is 1. The van der Waals surface area contributed by atoms with Crippen molar-refractivity contribution < 1.29 is 0 Å². The number of likely N-dealkylation sites (tertiary alicyclic amines) is 1. The Hall–Kier alpha value is -1.37. The van der Waals surface area contributed by atoms with E-state index >= 15 is 0 Å². The van der Waals surface area contributed by atoms with Gasteiger partial charge >= 0.3 is 0 Å². The van der Waals surface area contributed by atoms with Gasteiger partial charge in [-0.15, -0.1) is 0 Å². The van der Waals surface area contributed by atoms with E-state index in [9.17, 15) is 0 Å². The fraction of sp³-hybridized carbons (Fsp3) is 0.533. The Labute approximate surface area is 109 Å². The van der Waals surface area contributed by atoms with Gasteiger partial charge in [-0.25, -0.2) is 0 Å². The number of nitrogens with one attached hydrogen (secondary N) is 1. The SMILES string of the molecule is CC(CN1CCCC1)NCc1cccc(C#N)c1. The van der Waals surface area contributed by atoms with Crippen molar-refractivity contribution in [3.05, 3.63) is 35.4 Å². The van der Waals surface area contributed by atoms with Gasteiger partial charge in [0.1, 0.15) is 0 Å². The van der Waals surface area contributed by atoms with Crippen molar-refractivity contribution in [2.75, 3.05) is 19.6 Å². The summed E-state index contributed by atoms with van der Waals surface area (Å²) >= 11 is 0. The van der Waals surface area contributed by atoms with Crippen LogP contribution < -0.4 is 5.32 Å². The molecule has 3 nitrogen and oxygen atoms in total. The topological polar surface area (TPSA) is 39.1 Å². The Morgan fingerprint density at radius 3 is 2.89 bits per heavy atom. The van der Waals surface area contributed by atoms with Crippen molar-refractivity contribution in [2.24, 2.45) is 0 Å². The first-order valence-electron chi connectivity index (χ1n) is 6.73. The fourth-order valence-corrected chi connectivity index (χ4v) is 2.46. The Morgan fingerprint density at radius 1 is 1.39 bits per heavy atom. The van der Waals surface area contributed by atoms with Gasteiger partial charge in [0.2, 0.25) is 0 Å². The lowest BCUT2D eigenvalue weighted by Gasteiger charge is -2.21. The molecule has 2 rings (SSSR count). The van der Waals surface area contributed by atoms with Gasteiger partial charge in [0, 0.05) is 19.1 Å². The van der Waals surface area contributed by atoms with E-state index in [4.69, 9.17) is 5.26 Å². The van der Waals surface area contributed by atoms with E-state index < -0.39 is 0 Å². The standard InChI is InChI=1S/C15H21N3/c1-13(12-18-7-2-3-8-18)17-11-15-6-4-5-14(9-15)10-16/h4-6,9,13,17H,2-3,7-8,11-12H2,1H3. The normalized spacial score (nSPS) is 17.6. The molecule has 1 unspecified atom stereocenters.